The standard InChI is InChI=1S/C9H17N/c1-6(2)9-5-10-8(4)7(9)3/h6,9-10H,5H2,1-4H3. The van der Waals surface area contributed by atoms with Crippen molar-refractivity contribution in [2.45, 2.75) is 27.7 Å². The van der Waals surface area contributed by atoms with Crippen LogP contribution in [0.2, 0.25) is 0 Å². The van der Waals surface area contributed by atoms with Gasteiger partial charge in [0.05, 0.1) is 0 Å². The Morgan fingerprint density at radius 2 is 2.00 bits per heavy atom. The third-order valence-electron chi connectivity index (χ3n) is 2.54. The molecule has 0 fully saturated rings. The second-order valence-corrected chi connectivity index (χ2v) is 3.54. The predicted octanol–water partition coefficient (Wildman–Crippen LogP) is 2.16. The molecule has 0 aromatic heterocycles. The van der Waals surface area contributed by atoms with Gasteiger partial charge in [0.15, 0.2) is 0 Å². The summed E-state index contributed by atoms with van der Waals surface area (Å²) in [6.45, 7) is 10.1. The molecule has 1 nitrogen and oxygen atoms in total. The number of allylic oxidation sites excluding steroid dienone is 1. The molecule has 0 saturated carbocycles. The number of hydrogen-bond donors (Lipinski definition) is 1. The summed E-state index contributed by atoms with van der Waals surface area (Å²) in [5, 5.41) is 3.38. The molecule has 0 radical (unpaired) electrons. The summed E-state index contributed by atoms with van der Waals surface area (Å²) in [5.41, 5.74) is 2.94. The molecule has 0 aromatic carbocycles. The van der Waals surface area contributed by atoms with Crippen molar-refractivity contribution in [3.63, 3.8) is 0 Å². The van der Waals surface area contributed by atoms with Crippen molar-refractivity contribution in [1.29, 1.82) is 0 Å². The van der Waals surface area contributed by atoms with Gasteiger partial charge < -0.3 is 5.32 Å². The summed E-state index contributed by atoms with van der Waals surface area (Å²) >= 11 is 0. The Kier molecular flexibility index (Phi) is 2.02. The van der Waals surface area contributed by atoms with Crippen LogP contribution in [-0.4, -0.2) is 6.54 Å². The highest BCUT2D eigenvalue weighted by atomic mass is 14.9. The van der Waals surface area contributed by atoms with Crippen LogP contribution < -0.4 is 5.32 Å². The van der Waals surface area contributed by atoms with Gasteiger partial charge in [-0.1, -0.05) is 13.8 Å². The molecule has 1 unspecified atom stereocenters. The van der Waals surface area contributed by atoms with Crippen LogP contribution in [0.15, 0.2) is 11.3 Å². The molecule has 0 spiro atoms. The van der Waals surface area contributed by atoms with E-state index in [9.17, 15) is 0 Å². The van der Waals surface area contributed by atoms with E-state index in [4.69, 9.17) is 0 Å². The van der Waals surface area contributed by atoms with E-state index < -0.39 is 0 Å². The Bertz CT molecular complexity index is 156. The Hall–Kier alpha value is -0.460. The fourth-order valence-electron chi connectivity index (χ4n) is 1.57. The summed E-state index contributed by atoms with van der Waals surface area (Å²) in [4.78, 5) is 0. The van der Waals surface area contributed by atoms with Crippen molar-refractivity contribution in [3.05, 3.63) is 11.3 Å². The van der Waals surface area contributed by atoms with Crippen LogP contribution in [0.1, 0.15) is 27.7 Å². The highest BCUT2D eigenvalue weighted by Crippen LogP contribution is 2.25. The average Bonchev–Trinajstić information content (AvgIpc) is 2.14. The molecule has 0 aliphatic carbocycles. The Morgan fingerprint density at radius 1 is 1.40 bits per heavy atom. The molecule has 1 aliphatic rings. The summed E-state index contributed by atoms with van der Waals surface area (Å²) in [5.74, 6) is 1.56. The van der Waals surface area contributed by atoms with Crippen LogP contribution in [0, 0.1) is 11.8 Å². The zero-order valence-corrected chi connectivity index (χ0v) is 7.36. The van der Waals surface area contributed by atoms with Crippen molar-refractivity contribution in [1.82, 2.24) is 5.32 Å². The number of rotatable bonds is 1. The maximum absolute atomic E-state index is 3.38. The van der Waals surface area contributed by atoms with Gasteiger partial charge in [0, 0.05) is 18.2 Å². The topological polar surface area (TPSA) is 12.0 Å². The van der Waals surface area contributed by atoms with Gasteiger partial charge in [0.2, 0.25) is 0 Å². The van der Waals surface area contributed by atoms with Crippen LogP contribution >= 0.6 is 0 Å². The van der Waals surface area contributed by atoms with Gasteiger partial charge in [-0.3, -0.25) is 0 Å². The van der Waals surface area contributed by atoms with E-state index in [-0.39, 0.29) is 0 Å². The van der Waals surface area contributed by atoms with E-state index >= 15 is 0 Å². The van der Waals surface area contributed by atoms with E-state index in [0.29, 0.717) is 0 Å². The SMILES string of the molecule is CC1=C(C)C(C(C)C)CN1. The van der Waals surface area contributed by atoms with Gasteiger partial charge in [-0.05, 0) is 25.3 Å². The lowest BCUT2D eigenvalue weighted by atomic mass is 9.91. The molecule has 0 amide bonds. The van der Waals surface area contributed by atoms with Gasteiger partial charge in [0.25, 0.3) is 0 Å². The van der Waals surface area contributed by atoms with Crippen molar-refractivity contribution in [2.24, 2.45) is 11.8 Å². The first kappa shape index (κ1) is 7.64. The largest absolute Gasteiger partial charge is 0.388 e. The maximum Gasteiger partial charge on any atom is 0.0212 e. The second kappa shape index (κ2) is 2.65. The molecule has 1 aliphatic heterocycles. The normalized spacial score (nSPS) is 25.9. The summed E-state index contributed by atoms with van der Waals surface area (Å²) in [6, 6.07) is 0. The highest BCUT2D eigenvalue weighted by Gasteiger charge is 2.21. The molecule has 1 rings (SSSR count). The molecule has 10 heavy (non-hydrogen) atoms. The Balaban J connectivity index is 2.68. The quantitative estimate of drug-likeness (QED) is 0.587. The van der Waals surface area contributed by atoms with Gasteiger partial charge in [-0.2, -0.15) is 0 Å². The Labute approximate surface area is 63.5 Å². The second-order valence-electron chi connectivity index (χ2n) is 3.54. The molecule has 1 heterocycles. The van der Waals surface area contributed by atoms with E-state index in [1.165, 1.54) is 5.70 Å². The molecule has 1 N–H and O–H groups in total. The maximum atomic E-state index is 3.38. The zero-order valence-electron chi connectivity index (χ0n) is 7.36. The minimum absolute atomic E-state index is 0.778. The van der Waals surface area contributed by atoms with Crippen molar-refractivity contribution >= 4 is 0 Å². The average molecular weight is 139 g/mol. The number of nitrogens with one attached hydrogen (secondary N) is 1. The minimum Gasteiger partial charge on any atom is -0.388 e. The molecule has 0 aromatic rings. The number of hydrogen-bond acceptors (Lipinski definition) is 1. The summed E-state index contributed by atoms with van der Waals surface area (Å²) < 4.78 is 0. The minimum atomic E-state index is 0.778. The van der Waals surface area contributed by atoms with Crippen LogP contribution in [0.25, 0.3) is 0 Å². The van der Waals surface area contributed by atoms with Crippen molar-refractivity contribution < 1.29 is 0 Å². The molecule has 1 heteroatoms. The third kappa shape index (κ3) is 1.18. The Morgan fingerprint density at radius 3 is 2.20 bits per heavy atom. The summed E-state index contributed by atoms with van der Waals surface area (Å²) in [7, 11) is 0. The smallest absolute Gasteiger partial charge is 0.0212 e. The van der Waals surface area contributed by atoms with E-state index in [0.717, 1.165) is 18.4 Å². The van der Waals surface area contributed by atoms with Crippen LogP contribution in [0.4, 0.5) is 0 Å². The first-order valence-electron chi connectivity index (χ1n) is 4.04. The van der Waals surface area contributed by atoms with E-state index in [1.54, 1.807) is 5.57 Å². The van der Waals surface area contributed by atoms with Gasteiger partial charge >= 0.3 is 0 Å². The fourth-order valence-corrected chi connectivity index (χ4v) is 1.57. The molecule has 0 bridgehead atoms. The lowest BCUT2D eigenvalue weighted by Gasteiger charge is -2.14. The van der Waals surface area contributed by atoms with Crippen molar-refractivity contribution in [3.8, 4) is 0 Å². The van der Waals surface area contributed by atoms with E-state index in [2.05, 4.69) is 33.0 Å². The lowest BCUT2D eigenvalue weighted by molar-refractivity contribution is 0.458. The lowest BCUT2D eigenvalue weighted by Crippen LogP contribution is -2.16. The van der Waals surface area contributed by atoms with Crippen LogP contribution in [-0.2, 0) is 0 Å². The molecule has 58 valence electrons. The molecule has 1 atom stereocenters. The highest BCUT2D eigenvalue weighted by molar-refractivity contribution is 5.18. The molecular weight excluding hydrogens is 122 g/mol. The van der Waals surface area contributed by atoms with Crippen molar-refractivity contribution in [2.75, 3.05) is 6.54 Å². The molecule has 0 saturated heterocycles. The first-order chi connectivity index (χ1) is 4.63. The first-order valence-corrected chi connectivity index (χ1v) is 4.04. The van der Waals surface area contributed by atoms with Crippen LogP contribution in [0.5, 0.6) is 0 Å². The van der Waals surface area contributed by atoms with Gasteiger partial charge in [-0.25, -0.2) is 0 Å². The fraction of sp³-hybridized carbons (Fsp3) is 0.778. The van der Waals surface area contributed by atoms with E-state index in [1.807, 2.05) is 0 Å². The van der Waals surface area contributed by atoms with Crippen LogP contribution in [0.3, 0.4) is 0 Å². The van der Waals surface area contributed by atoms with Gasteiger partial charge in [0.1, 0.15) is 0 Å². The van der Waals surface area contributed by atoms with Gasteiger partial charge in [-0.15, -0.1) is 0 Å². The molecular formula is C9H17N. The summed E-state index contributed by atoms with van der Waals surface area (Å²) in [6.07, 6.45) is 0. The zero-order chi connectivity index (χ0) is 7.72. The third-order valence-corrected chi connectivity index (χ3v) is 2.54. The monoisotopic (exact) mass is 139 g/mol. The predicted molar refractivity (Wildman–Crippen MR) is 44.7 cm³/mol.